The molecular formula is C15H16F3N3O3. The maximum absolute atomic E-state index is 12.3. The summed E-state index contributed by atoms with van der Waals surface area (Å²) in [6.07, 6.45) is -5.90. The van der Waals surface area contributed by atoms with Crippen molar-refractivity contribution in [3.8, 4) is 11.5 Å². The molecule has 0 radical (unpaired) electrons. The molecule has 2 N–H and O–H groups in total. The lowest BCUT2D eigenvalue weighted by Gasteiger charge is -2.22. The Hall–Kier alpha value is -2.55. The molecule has 0 saturated carbocycles. The summed E-state index contributed by atoms with van der Waals surface area (Å²) in [5.74, 6) is 0.365. The first kappa shape index (κ1) is 17.8. The molecule has 6 nitrogen and oxygen atoms in total. The number of hydrogen-bond acceptors (Lipinski definition) is 4. The zero-order chi connectivity index (χ0) is 17.9. The fourth-order valence-corrected chi connectivity index (χ4v) is 1.88. The summed E-state index contributed by atoms with van der Waals surface area (Å²) in [5, 5.41) is 11.5. The minimum Gasteiger partial charge on any atom is -0.444 e. The summed E-state index contributed by atoms with van der Waals surface area (Å²) >= 11 is 0. The number of nitrogens with one attached hydrogen (secondary N) is 1. The lowest BCUT2D eigenvalue weighted by molar-refractivity contribution is -0.205. The molecule has 0 aliphatic heterocycles. The smallest absolute Gasteiger partial charge is 0.416 e. The molecule has 0 bridgehead atoms. The second-order valence-electron chi connectivity index (χ2n) is 5.24. The van der Waals surface area contributed by atoms with Crippen molar-refractivity contribution >= 4 is 11.7 Å². The third kappa shape index (κ3) is 4.48. The van der Waals surface area contributed by atoms with E-state index in [0.717, 1.165) is 11.9 Å². The summed E-state index contributed by atoms with van der Waals surface area (Å²) < 4.78 is 42.2. The van der Waals surface area contributed by atoms with Crippen LogP contribution in [0.4, 0.5) is 23.7 Å². The summed E-state index contributed by atoms with van der Waals surface area (Å²) in [4.78, 5) is 16.8. The number of carbonyl (C=O) groups excluding carboxylic acids is 1. The molecular weight excluding hydrogens is 327 g/mol. The van der Waals surface area contributed by atoms with Crippen LogP contribution < -0.4 is 5.32 Å². The van der Waals surface area contributed by atoms with Gasteiger partial charge in [-0.1, -0.05) is 6.07 Å². The van der Waals surface area contributed by atoms with Gasteiger partial charge in [0, 0.05) is 18.3 Å². The van der Waals surface area contributed by atoms with Gasteiger partial charge < -0.3 is 19.7 Å². The van der Waals surface area contributed by atoms with Gasteiger partial charge in [0.2, 0.25) is 5.89 Å². The topological polar surface area (TPSA) is 78.6 Å². The second kappa shape index (κ2) is 6.91. The number of carbonyl (C=O) groups is 1. The Balaban J connectivity index is 2.04. The van der Waals surface area contributed by atoms with E-state index in [1.807, 2.05) is 0 Å². The number of hydrogen-bond donors (Lipinski definition) is 2. The highest BCUT2D eigenvalue weighted by atomic mass is 19.4. The Labute approximate surface area is 135 Å². The van der Waals surface area contributed by atoms with Gasteiger partial charge in [0.1, 0.15) is 6.26 Å². The first-order valence-electron chi connectivity index (χ1n) is 6.96. The molecule has 0 aliphatic rings. The number of rotatable bonds is 4. The van der Waals surface area contributed by atoms with Gasteiger partial charge >= 0.3 is 12.2 Å². The SMILES string of the molecule is Cc1coc(-c2cccc(NC(=O)N(C)C[C@H](O)C(F)(F)F)c2)n1. The number of halogens is 3. The third-order valence-corrected chi connectivity index (χ3v) is 3.15. The maximum atomic E-state index is 12.3. The zero-order valence-corrected chi connectivity index (χ0v) is 13.0. The molecule has 1 heterocycles. The molecule has 1 atom stereocenters. The highest BCUT2D eigenvalue weighted by Crippen LogP contribution is 2.23. The van der Waals surface area contributed by atoms with E-state index in [4.69, 9.17) is 9.52 Å². The molecule has 24 heavy (non-hydrogen) atoms. The zero-order valence-electron chi connectivity index (χ0n) is 13.0. The number of alkyl halides is 3. The first-order chi connectivity index (χ1) is 11.2. The lowest BCUT2D eigenvalue weighted by Crippen LogP contribution is -2.43. The normalized spacial score (nSPS) is 12.8. The van der Waals surface area contributed by atoms with Crippen LogP contribution in [0, 0.1) is 6.92 Å². The number of aryl methyl sites for hydroxylation is 1. The Bertz CT molecular complexity index is 715. The molecule has 130 valence electrons. The number of anilines is 1. The van der Waals surface area contributed by atoms with Gasteiger partial charge in [0.15, 0.2) is 6.10 Å². The fourth-order valence-electron chi connectivity index (χ4n) is 1.88. The standard InChI is InChI=1S/C15H16F3N3O3/c1-9-8-24-13(19-9)10-4-3-5-11(6-10)20-14(23)21(2)7-12(22)15(16,17)18/h3-6,8,12,22H,7H2,1-2H3,(H,20,23)/t12-/m0/s1. The molecule has 2 rings (SSSR count). The average Bonchev–Trinajstić information content (AvgIpc) is 2.93. The third-order valence-electron chi connectivity index (χ3n) is 3.15. The van der Waals surface area contributed by atoms with E-state index in [-0.39, 0.29) is 0 Å². The van der Waals surface area contributed by atoms with Gasteiger partial charge in [-0.15, -0.1) is 0 Å². The number of amides is 2. The number of nitrogens with zero attached hydrogens (tertiary/aromatic N) is 2. The van der Waals surface area contributed by atoms with E-state index in [2.05, 4.69) is 10.3 Å². The van der Waals surface area contributed by atoms with Gasteiger partial charge in [-0.2, -0.15) is 13.2 Å². The van der Waals surface area contributed by atoms with Crippen molar-refractivity contribution in [1.82, 2.24) is 9.88 Å². The molecule has 1 aromatic heterocycles. The first-order valence-corrected chi connectivity index (χ1v) is 6.96. The predicted molar refractivity (Wildman–Crippen MR) is 80.4 cm³/mol. The number of likely N-dealkylation sites (N-methyl/N-ethyl adjacent to an activating group) is 1. The molecule has 0 fully saturated rings. The van der Waals surface area contributed by atoms with Crippen molar-refractivity contribution in [2.45, 2.75) is 19.2 Å². The van der Waals surface area contributed by atoms with Gasteiger partial charge in [-0.25, -0.2) is 9.78 Å². The molecule has 2 aromatic rings. The number of aliphatic hydroxyl groups is 1. The van der Waals surface area contributed by atoms with Gasteiger partial charge in [0.05, 0.1) is 12.2 Å². The number of aromatic nitrogens is 1. The van der Waals surface area contributed by atoms with Crippen LogP contribution in [-0.2, 0) is 0 Å². The van der Waals surface area contributed by atoms with Crippen molar-refractivity contribution in [3.63, 3.8) is 0 Å². The van der Waals surface area contributed by atoms with Gasteiger partial charge in [0.25, 0.3) is 0 Å². The molecule has 9 heteroatoms. The summed E-state index contributed by atoms with van der Waals surface area (Å²) in [6, 6.07) is 5.74. The Morgan fingerprint density at radius 3 is 2.75 bits per heavy atom. The Kier molecular flexibility index (Phi) is 5.13. The molecule has 0 saturated heterocycles. The van der Waals surface area contributed by atoms with Crippen molar-refractivity contribution in [2.75, 3.05) is 18.9 Å². The van der Waals surface area contributed by atoms with E-state index in [0.29, 0.717) is 22.8 Å². The minimum atomic E-state index is -4.78. The molecule has 0 spiro atoms. The number of aliphatic hydroxyl groups excluding tert-OH is 1. The highest BCUT2D eigenvalue weighted by molar-refractivity contribution is 5.89. The second-order valence-corrected chi connectivity index (χ2v) is 5.24. The van der Waals surface area contributed by atoms with Crippen LogP contribution in [0.25, 0.3) is 11.5 Å². The van der Waals surface area contributed by atoms with Crippen LogP contribution in [0.2, 0.25) is 0 Å². The minimum absolute atomic E-state index is 0.363. The predicted octanol–water partition coefficient (Wildman–Crippen LogP) is 3.04. The number of benzene rings is 1. The van der Waals surface area contributed by atoms with Crippen LogP contribution in [-0.4, -0.2) is 46.9 Å². The van der Waals surface area contributed by atoms with Crippen LogP contribution >= 0.6 is 0 Å². The van der Waals surface area contributed by atoms with E-state index in [1.54, 1.807) is 31.2 Å². The summed E-state index contributed by atoms with van der Waals surface area (Å²) in [7, 11) is 1.16. The fraction of sp³-hybridized carbons (Fsp3) is 0.333. The van der Waals surface area contributed by atoms with Crippen molar-refractivity contribution in [2.24, 2.45) is 0 Å². The number of oxazole rings is 1. The average molecular weight is 343 g/mol. The van der Waals surface area contributed by atoms with E-state index < -0.39 is 24.9 Å². The lowest BCUT2D eigenvalue weighted by atomic mass is 10.2. The molecule has 0 aliphatic carbocycles. The maximum Gasteiger partial charge on any atom is 0.416 e. The van der Waals surface area contributed by atoms with Crippen LogP contribution in [0.3, 0.4) is 0 Å². The summed E-state index contributed by atoms with van der Waals surface area (Å²) in [6.45, 7) is 0.896. The molecule has 1 aromatic carbocycles. The largest absolute Gasteiger partial charge is 0.444 e. The van der Waals surface area contributed by atoms with Crippen molar-refractivity contribution in [1.29, 1.82) is 0 Å². The van der Waals surface area contributed by atoms with Crippen LogP contribution in [0.15, 0.2) is 34.9 Å². The molecule has 2 amide bonds. The highest BCUT2D eigenvalue weighted by Gasteiger charge is 2.39. The van der Waals surface area contributed by atoms with Gasteiger partial charge in [-0.3, -0.25) is 0 Å². The van der Waals surface area contributed by atoms with Gasteiger partial charge in [-0.05, 0) is 25.1 Å². The van der Waals surface area contributed by atoms with E-state index >= 15 is 0 Å². The van der Waals surface area contributed by atoms with Crippen molar-refractivity contribution < 1.29 is 27.5 Å². The van der Waals surface area contributed by atoms with Crippen molar-refractivity contribution in [3.05, 3.63) is 36.2 Å². The summed E-state index contributed by atoms with van der Waals surface area (Å²) in [5.41, 5.74) is 1.67. The van der Waals surface area contributed by atoms with Crippen LogP contribution in [0.5, 0.6) is 0 Å². The Morgan fingerprint density at radius 1 is 1.46 bits per heavy atom. The van der Waals surface area contributed by atoms with E-state index in [1.165, 1.54) is 6.26 Å². The molecule has 0 unspecified atom stereocenters. The quantitative estimate of drug-likeness (QED) is 0.894. The van der Waals surface area contributed by atoms with Crippen LogP contribution in [0.1, 0.15) is 5.69 Å². The number of urea groups is 1. The Morgan fingerprint density at radius 2 is 2.17 bits per heavy atom. The van der Waals surface area contributed by atoms with E-state index in [9.17, 15) is 18.0 Å². The monoisotopic (exact) mass is 343 g/mol.